The van der Waals surface area contributed by atoms with Crippen molar-refractivity contribution in [3.8, 4) is 0 Å². The summed E-state index contributed by atoms with van der Waals surface area (Å²) in [6, 6.07) is 4.76. The lowest BCUT2D eigenvalue weighted by Crippen LogP contribution is -2.48. The molecule has 2 heterocycles. The predicted molar refractivity (Wildman–Crippen MR) is 138 cm³/mol. The van der Waals surface area contributed by atoms with Crippen LogP contribution in [0.25, 0.3) is 0 Å². The molecule has 4 amide bonds. The molecule has 0 aromatic heterocycles. The van der Waals surface area contributed by atoms with E-state index < -0.39 is 53.0 Å². The summed E-state index contributed by atoms with van der Waals surface area (Å²) < 4.78 is 94.2. The fourth-order valence-electron chi connectivity index (χ4n) is 5.53. The van der Waals surface area contributed by atoms with Crippen molar-refractivity contribution in [2.24, 2.45) is 5.92 Å². The summed E-state index contributed by atoms with van der Waals surface area (Å²) in [5.41, 5.74) is -3.12. The molecule has 0 bridgehead atoms. The molecule has 2 aliphatic rings. The van der Waals surface area contributed by atoms with E-state index in [9.17, 15) is 45.1 Å². The Hall–Kier alpha value is -3.84. The maximum atomic E-state index is 13.7. The lowest BCUT2D eigenvalue weighted by Gasteiger charge is -2.33. The van der Waals surface area contributed by atoms with E-state index in [1.807, 2.05) is 0 Å². The van der Waals surface area contributed by atoms with Gasteiger partial charge in [-0.3, -0.25) is 14.5 Å². The lowest BCUT2D eigenvalue weighted by atomic mass is 9.93. The van der Waals surface area contributed by atoms with Crippen LogP contribution in [-0.4, -0.2) is 79.4 Å². The van der Waals surface area contributed by atoms with Crippen molar-refractivity contribution < 1.29 is 45.1 Å². The Balaban J connectivity index is 1.61. The number of piperidine rings is 1. The molecule has 2 saturated heterocycles. The van der Waals surface area contributed by atoms with Gasteiger partial charge in [-0.05, 0) is 48.7 Å². The average Bonchev–Trinajstić information content (AvgIpc) is 3.40. The van der Waals surface area contributed by atoms with Gasteiger partial charge < -0.3 is 14.7 Å². The summed E-state index contributed by atoms with van der Waals surface area (Å²) in [6.07, 6.45) is -8.55. The molecule has 4 rings (SSSR count). The highest BCUT2D eigenvalue weighted by atomic mass is 19.4. The van der Waals surface area contributed by atoms with E-state index >= 15 is 0 Å². The first-order valence-electron chi connectivity index (χ1n) is 13.1. The van der Waals surface area contributed by atoms with Crippen LogP contribution in [-0.2, 0) is 21.9 Å². The maximum absolute atomic E-state index is 13.7. The monoisotopic (exact) mass is 602 g/mol. The molecule has 14 heteroatoms. The Morgan fingerprint density at radius 1 is 0.881 bits per heavy atom. The van der Waals surface area contributed by atoms with E-state index in [4.69, 9.17) is 0 Å². The number of urea groups is 1. The van der Waals surface area contributed by atoms with Crippen LogP contribution in [0.1, 0.15) is 35.4 Å². The van der Waals surface area contributed by atoms with E-state index in [0.717, 1.165) is 13.5 Å². The molecular formula is C28H29F7N4O3. The number of carbonyl (C=O) groups is 3. The molecule has 0 aliphatic carbocycles. The Morgan fingerprint density at radius 3 is 1.93 bits per heavy atom. The molecule has 0 radical (unpaired) electrons. The number of amides is 4. The van der Waals surface area contributed by atoms with Crippen LogP contribution >= 0.6 is 0 Å². The van der Waals surface area contributed by atoms with Gasteiger partial charge in [-0.25, -0.2) is 9.18 Å². The van der Waals surface area contributed by atoms with E-state index in [0.29, 0.717) is 48.5 Å². The van der Waals surface area contributed by atoms with Crippen LogP contribution in [0, 0.1) is 11.7 Å². The molecule has 0 saturated carbocycles. The molecule has 2 aromatic rings. The van der Waals surface area contributed by atoms with Crippen LogP contribution in [0.2, 0.25) is 0 Å². The number of likely N-dealkylation sites (N-methyl/N-ethyl adjacent to an activating group) is 1. The highest BCUT2D eigenvalue weighted by molar-refractivity contribution is 5.92. The third kappa shape index (κ3) is 6.62. The van der Waals surface area contributed by atoms with Gasteiger partial charge in [-0.15, -0.1) is 0 Å². The van der Waals surface area contributed by atoms with Gasteiger partial charge in [0.15, 0.2) is 0 Å². The van der Waals surface area contributed by atoms with Crippen molar-refractivity contribution in [2.45, 2.75) is 37.2 Å². The predicted octanol–water partition coefficient (Wildman–Crippen LogP) is 5.21. The van der Waals surface area contributed by atoms with Crippen molar-refractivity contribution in [3.05, 3.63) is 65.0 Å². The molecule has 2 unspecified atom stereocenters. The van der Waals surface area contributed by atoms with Gasteiger partial charge in [0.1, 0.15) is 5.82 Å². The Labute approximate surface area is 237 Å². The zero-order valence-corrected chi connectivity index (χ0v) is 22.8. The smallest absolute Gasteiger partial charge is 0.345 e. The largest absolute Gasteiger partial charge is 0.416 e. The molecule has 228 valence electrons. The third-order valence-electron chi connectivity index (χ3n) is 7.97. The van der Waals surface area contributed by atoms with Crippen LogP contribution in [0.4, 0.5) is 41.2 Å². The quantitative estimate of drug-likeness (QED) is 0.349. The lowest BCUT2D eigenvalue weighted by molar-refractivity contribution is -0.143. The molecular weight excluding hydrogens is 573 g/mol. The Bertz CT molecular complexity index is 1280. The van der Waals surface area contributed by atoms with Gasteiger partial charge in [0.2, 0.25) is 12.3 Å². The van der Waals surface area contributed by atoms with E-state index in [1.54, 1.807) is 9.80 Å². The summed E-state index contributed by atoms with van der Waals surface area (Å²) in [6.45, 7) is 1.03. The van der Waals surface area contributed by atoms with Gasteiger partial charge in [0.05, 0.1) is 17.2 Å². The summed E-state index contributed by atoms with van der Waals surface area (Å²) >= 11 is 0. The summed E-state index contributed by atoms with van der Waals surface area (Å²) in [5.74, 6) is -1.56. The number of rotatable bonds is 5. The Morgan fingerprint density at radius 2 is 1.43 bits per heavy atom. The second kappa shape index (κ2) is 11.8. The topological polar surface area (TPSA) is 64.2 Å². The van der Waals surface area contributed by atoms with Crippen LogP contribution in [0.15, 0.2) is 42.5 Å². The fourth-order valence-corrected chi connectivity index (χ4v) is 5.53. The normalized spacial score (nSPS) is 20.0. The molecule has 42 heavy (non-hydrogen) atoms. The second-order valence-corrected chi connectivity index (χ2v) is 10.6. The molecule has 0 spiro atoms. The van der Waals surface area contributed by atoms with Crippen molar-refractivity contribution >= 4 is 24.0 Å². The van der Waals surface area contributed by atoms with Crippen molar-refractivity contribution in [3.63, 3.8) is 0 Å². The highest BCUT2D eigenvalue weighted by Gasteiger charge is 2.43. The zero-order valence-electron chi connectivity index (χ0n) is 22.8. The number of hydrogen-bond donors (Lipinski definition) is 0. The molecule has 0 N–H and O–H groups in total. The number of likely N-dealkylation sites (tertiary alicyclic amines) is 2. The van der Waals surface area contributed by atoms with Crippen molar-refractivity contribution in [1.82, 2.24) is 14.7 Å². The van der Waals surface area contributed by atoms with Gasteiger partial charge >= 0.3 is 18.4 Å². The number of nitrogens with zero attached hydrogens (tertiary/aromatic N) is 4. The summed E-state index contributed by atoms with van der Waals surface area (Å²) in [4.78, 5) is 43.0. The SMILES string of the molecule is CN(C(=O)N(C)C1CN(C(=O)C2CCN(C=O)CC2)CC1c1ccc(F)cc1)c1cc(C(F)(F)F)cc(C(F)(F)F)c1. The fraction of sp³-hybridized carbons (Fsp3) is 0.464. The first kappa shape index (κ1) is 31.1. The molecule has 2 atom stereocenters. The number of carbonyl (C=O) groups excluding carboxylic acids is 3. The average molecular weight is 603 g/mol. The van der Waals surface area contributed by atoms with Gasteiger partial charge in [0.25, 0.3) is 0 Å². The van der Waals surface area contributed by atoms with Gasteiger partial charge in [-0.1, -0.05) is 12.1 Å². The minimum absolute atomic E-state index is 0.0177. The highest BCUT2D eigenvalue weighted by Crippen LogP contribution is 2.39. The first-order chi connectivity index (χ1) is 19.6. The van der Waals surface area contributed by atoms with Gasteiger partial charge in [0, 0.05) is 57.8 Å². The molecule has 2 fully saturated rings. The number of anilines is 1. The zero-order chi connectivity index (χ0) is 31.0. The van der Waals surface area contributed by atoms with E-state index in [2.05, 4.69) is 0 Å². The molecule has 7 nitrogen and oxygen atoms in total. The first-order valence-corrected chi connectivity index (χ1v) is 13.1. The van der Waals surface area contributed by atoms with Gasteiger partial charge in [-0.2, -0.15) is 26.3 Å². The minimum atomic E-state index is -5.09. The number of alkyl halides is 6. The summed E-state index contributed by atoms with van der Waals surface area (Å²) in [7, 11) is 2.43. The second-order valence-electron chi connectivity index (χ2n) is 10.6. The number of hydrogen-bond acceptors (Lipinski definition) is 3. The maximum Gasteiger partial charge on any atom is 0.416 e. The molecule has 2 aromatic carbocycles. The van der Waals surface area contributed by atoms with Crippen molar-refractivity contribution in [2.75, 3.05) is 45.2 Å². The number of benzene rings is 2. The van der Waals surface area contributed by atoms with Crippen LogP contribution < -0.4 is 4.90 Å². The van der Waals surface area contributed by atoms with E-state index in [-0.39, 0.29) is 31.0 Å². The van der Waals surface area contributed by atoms with Crippen molar-refractivity contribution in [1.29, 1.82) is 0 Å². The minimum Gasteiger partial charge on any atom is -0.345 e. The van der Waals surface area contributed by atoms with E-state index in [1.165, 1.54) is 36.2 Å². The standard InChI is InChI=1S/C28H29F7N4O3/c1-36(22-12-19(27(30,31)32)11-20(13-22)28(33,34)35)26(42)37(2)24-15-39(14-23(24)17-3-5-21(29)6-4-17)25(41)18-7-9-38(16-40)10-8-18/h3-6,11-13,16,18,23-24H,7-10,14-15H2,1-2H3. The molecule has 2 aliphatic heterocycles. The third-order valence-corrected chi connectivity index (χ3v) is 7.97. The van der Waals surface area contributed by atoms with Crippen LogP contribution in [0.3, 0.4) is 0 Å². The Kier molecular flexibility index (Phi) is 8.74. The number of halogens is 7. The van der Waals surface area contributed by atoms with Crippen LogP contribution in [0.5, 0.6) is 0 Å². The summed E-state index contributed by atoms with van der Waals surface area (Å²) in [5, 5.41) is 0.